The molecule has 0 heterocycles. The molecule has 0 unspecified atom stereocenters. The number of hydrogen-bond acceptors (Lipinski definition) is 5. The highest BCUT2D eigenvalue weighted by Gasteiger charge is 2.16. The molecule has 9 heteroatoms. The van der Waals surface area contributed by atoms with Crippen LogP contribution in [0.1, 0.15) is 11.1 Å². The highest BCUT2D eigenvalue weighted by atomic mass is 31.2. The molecule has 0 saturated heterocycles. The Morgan fingerprint density at radius 1 is 0.815 bits per heavy atom. The average molecular weight is 395 g/mol. The van der Waals surface area contributed by atoms with Crippen LogP contribution in [0.15, 0.2) is 30.3 Å². The number of hydrogen-bond donors (Lipinski definition) is 3. The van der Waals surface area contributed by atoms with Gasteiger partial charge in [0.25, 0.3) is 0 Å². The Bertz CT molecular complexity index is 851. The summed E-state index contributed by atoms with van der Waals surface area (Å²) in [5.41, 5.74) is 1.70. The normalized spacial score (nSPS) is 11.3. The van der Waals surface area contributed by atoms with Gasteiger partial charge in [-0.15, -0.1) is 0 Å². The smallest absolute Gasteiger partial charge is 0.427 e. The lowest BCUT2D eigenvalue weighted by atomic mass is 10.1. The molecule has 27 heavy (non-hydrogen) atoms. The molecule has 146 valence electrons. The van der Waals surface area contributed by atoms with Gasteiger partial charge in [0.1, 0.15) is 5.75 Å². The van der Waals surface area contributed by atoms with E-state index in [1.165, 1.54) is 28.4 Å². The van der Waals surface area contributed by atoms with Gasteiger partial charge in [-0.3, -0.25) is 5.09 Å². The molecule has 0 radical (unpaired) electrons. The van der Waals surface area contributed by atoms with E-state index in [0.29, 0.717) is 28.6 Å². The van der Waals surface area contributed by atoms with Crippen LogP contribution in [-0.2, 0) is 4.57 Å². The van der Waals surface area contributed by atoms with Crippen LogP contribution in [0.25, 0.3) is 12.2 Å². The molecule has 0 amide bonds. The average Bonchev–Trinajstić information content (AvgIpc) is 2.64. The van der Waals surface area contributed by atoms with E-state index in [4.69, 9.17) is 28.7 Å². The second-order valence-electron chi connectivity index (χ2n) is 5.41. The number of ether oxygens (including phenoxy) is 4. The second kappa shape index (κ2) is 8.81. The number of anilines is 1. The third kappa shape index (κ3) is 5.40. The first-order chi connectivity index (χ1) is 12.8. The van der Waals surface area contributed by atoms with E-state index >= 15 is 0 Å². The molecule has 0 aliphatic heterocycles. The lowest BCUT2D eigenvalue weighted by Gasteiger charge is -2.13. The molecule has 0 bridgehead atoms. The van der Waals surface area contributed by atoms with E-state index in [0.717, 1.165) is 5.56 Å². The van der Waals surface area contributed by atoms with Crippen molar-refractivity contribution in [2.24, 2.45) is 0 Å². The molecular weight excluding hydrogens is 373 g/mol. The third-order valence-corrected chi connectivity index (χ3v) is 4.18. The molecule has 2 rings (SSSR count). The van der Waals surface area contributed by atoms with Crippen molar-refractivity contribution in [3.05, 3.63) is 41.5 Å². The molecule has 0 atom stereocenters. The van der Waals surface area contributed by atoms with Gasteiger partial charge in [0, 0.05) is 0 Å². The first kappa shape index (κ1) is 20.6. The van der Waals surface area contributed by atoms with Crippen LogP contribution in [-0.4, -0.2) is 38.2 Å². The molecule has 0 fully saturated rings. The van der Waals surface area contributed by atoms with Crippen molar-refractivity contribution < 1.29 is 33.3 Å². The Morgan fingerprint density at radius 2 is 1.37 bits per heavy atom. The fourth-order valence-corrected chi connectivity index (χ4v) is 2.95. The lowest BCUT2D eigenvalue weighted by molar-refractivity contribution is 0.324. The third-order valence-electron chi connectivity index (χ3n) is 3.64. The highest BCUT2D eigenvalue weighted by molar-refractivity contribution is 7.53. The SMILES string of the molecule is COc1ccc(/C=C\c2cc(OC)c(OC)c(OC)c2)cc1NP(=O)(O)O. The summed E-state index contributed by atoms with van der Waals surface area (Å²) < 4.78 is 32.3. The fraction of sp³-hybridized carbons (Fsp3) is 0.222. The largest absolute Gasteiger partial charge is 0.495 e. The monoisotopic (exact) mass is 395 g/mol. The van der Waals surface area contributed by atoms with Crippen LogP contribution in [0, 0.1) is 0 Å². The Hall–Kier alpha value is -2.67. The molecule has 8 nitrogen and oxygen atoms in total. The quantitative estimate of drug-likeness (QED) is 0.461. The molecule has 0 spiro atoms. The summed E-state index contributed by atoms with van der Waals surface area (Å²) in [5.74, 6) is 1.86. The van der Waals surface area contributed by atoms with Gasteiger partial charge < -0.3 is 28.7 Å². The zero-order valence-electron chi connectivity index (χ0n) is 15.4. The fourth-order valence-electron chi connectivity index (χ4n) is 2.46. The Labute approximate surface area is 157 Å². The minimum Gasteiger partial charge on any atom is -0.495 e. The molecule has 0 saturated carbocycles. The summed E-state index contributed by atoms with van der Waals surface area (Å²) in [5, 5.41) is 2.14. The summed E-state index contributed by atoms with van der Waals surface area (Å²) in [7, 11) is 1.57. The molecule has 3 N–H and O–H groups in total. The first-order valence-corrected chi connectivity index (χ1v) is 9.42. The summed E-state index contributed by atoms with van der Waals surface area (Å²) in [6.07, 6.45) is 3.60. The lowest BCUT2D eigenvalue weighted by Crippen LogP contribution is -1.98. The van der Waals surface area contributed by atoms with Gasteiger partial charge >= 0.3 is 7.75 Å². The van der Waals surface area contributed by atoms with Crippen LogP contribution in [0.4, 0.5) is 5.69 Å². The first-order valence-electron chi connectivity index (χ1n) is 7.81. The van der Waals surface area contributed by atoms with Crippen LogP contribution in [0.2, 0.25) is 0 Å². The maximum Gasteiger partial charge on any atom is 0.427 e. The topological polar surface area (TPSA) is 106 Å². The Balaban J connectivity index is 2.37. The molecule has 2 aromatic rings. The van der Waals surface area contributed by atoms with Crippen LogP contribution in [0.5, 0.6) is 23.0 Å². The van der Waals surface area contributed by atoms with Crippen molar-refractivity contribution in [3.63, 3.8) is 0 Å². The predicted octanol–water partition coefficient (Wildman–Crippen LogP) is 3.40. The summed E-state index contributed by atoms with van der Waals surface area (Å²) in [6, 6.07) is 8.53. The van der Waals surface area contributed by atoms with Gasteiger partial charge in [-0.1, -0.05) is 18.2 Å². The molecule has 2 aromatic carbocycles. The number of methoxy groups -OCH3 is 4. The van der Waals surface area contributed by atoms with Gasteiger partial charge in [-0.05, 0) is 35.4 Å². The van der Waals surface area contributed by atoms with Gasteiger partial charge in [0.15, 0.2) is 11.5 Å². The van der Waals surface area contributed by atoms with Crippen molar-refractivity contribution in [1.82, 2.24) is 0 Å². The van der Waals surface area contributed by atoms with Crippen molar-refractivity contribution in [2.75, 3.05) is 33.5 Å². The summed E-state index contributed by atoms with van der Waals surface area (Å²) >= 11 is 0. The van der Waals surface area contributed by atoms with Crippen molar-refractivity contribution in [1.29, 1.82) is 0 Å². The van der Waals surface area contributed by atoms with Gasteiger partial charge in [0.2, 0.25) is 5.75 Å². The molecule has 0 aliphatic rings. The number of benzene rings is 2. The van der Waals surface area contributed by atoms with E-state index < -0.39 is 7.75 Å². The summed E-state index contributed by atoms with van der Waals surface area (Å²) in [4.78, 5) is 18.3. The van der Waals surface area contributed by atoms with E-state index in [1.54, 1.807) is 36.4 Å². The molecule has 0 aromatic heterocycles. The van der Waals surface area contributed by atoms with Gasteiger partial charge in [-0.2, -0.15) is 0 Å². The summed E-state index contributed by atoms with van der Waals surface area (Å²) in [6.45, 7) is 0. The van der Waals surface area contributed by atoms with Crippen molar-refractivity contribution >= 4 is 25.6 Å². The van der Waals surface area contributed by atoms with Gasteiger partial charge in [0.05, 0.1) is 34.1 Å². The van der Waals surface area contributed by atoms with E-state index in [-0.39, 0.29) is 5.69 Å². The number of rotatable bonds is 8. The van der Waals surface area contributed by atoms with E-state index in [9.17, 15) is 4.57 Å². The van der Waals surface area contributed by atoms with Crippen molar-refractivity contribution in [2.45, 2.75) is 0 Å². The zero-order valence-corrected chi connectivity index (χ0v) is 16.3. The molecule has 0 aliphatic carbocycles. The van der Waals surface area contributed by atoms with Crippen LogP contribution < -0.4 is 24.0 Å². The Kier molecular flexibility index (Phi) is 6.74. The maximum atomic E-state index is 11.2. The van der Waals surface area contributed by atoms with Gasteiger partial charge in [-0.25, -0.2) is 4.57 Å². The predicted molar refractivity (Wildman–Crippen MR) is 104 cm³/mol. The minimum atomic E-state index is -4.46. The zero-order chi connectivity index (χ0) is 20.0. The van der Waals surface area contributed by atoms with Crippen LogP contribution in [0.3, 0.4) is 0 Å². The maximum absolute atomic E-state index is 11.2. The van der Waals surface area contributed by atoms with E-state index in [1.807, 2.05) is 6.08 Å². The number of nitrogens with one attached hydrogen (secondary N) is 1. The minimum absolute atomic E-state index is 0.192. The standard InChI is InChI=1S/C18H22NO7P/c1-23-15-8-7-12(9-14(15)19-27(20,21)22)5-6-13-10-16(24-2)18(26-4)17(11-13)25-3/h5-11H,1-4H3,(H3,19,20,21,22)/b6-5-. The van der Waals surface area contributed by atoms with E-state index in [2.05, 4.69) is 5.09 Å². The molecular formula is C18H22NO7P. The second-order valence-corrected chi connectivity index (χ2v) is 6.72. The van der Waals surface area contributed by atoms with Crippen LogP contribution >= 0.6 is 7.75 Å². The highest BCUT2D eigenvalue weighted by Crippen LogP contribution is 2.40. The van der Waals surface area contributed by atoms with Crippen molar-refractivity contribution in [3.8, 4) is 23.0 Å². The Morgan fingerprint density at radius 3 is 1.85 bits per heavy atom.